The van der Waals surface area contributed by atoms with Crippen LogP contribution in [-0.4, -0.2) is 33.2 Å². The van der Waals surface area contributed by atoms with Crippen LogP contribution in [0.3, 0.4) is 0 Å². The standard InChI is InChI=1S/C6H13ClO3/c1-8-5-4-6(7,9-2)10-3/h4-5H2,1-3H3. The zero-order chi connectivity index (χ0) is 8.04. The van der Waals surface area contributed by atoms with Gasteiger partial charge in [0.05, 0.1) is 6.61 Å². The van der Waals surface area contributed by atoms with Crippen LogP contribution < -0.4 is 0 Å². The minimum absolute atomic E-state index is 0.512. The van der Waals surface area contributed by atoms with Gasteiger partial charge in [0.15, 0.2) is 0 Å². The molecular formula is C6H13ClO3. The summed E-state index contributed by atoms with van der Waals surface area (Å²) in [4.78, 5) is 0. The molecule has 0 aromatic carbocycles. The smallest absolute Gasteiger partial charge is 0.250 e. The monoisotopic (exact) mass is 168 g/mol. The van der Waals surface area contributed by atoms with Crippen molar-refractivity contribution in [1.29, 1.82) is 0 Å². The molecule has 0 spiro atoms. The molecule has 0 aliphatic rings. The van der Waals surface area contributed by atoms with E-state index in [2.05, 4.69) is 0 Å². The molecule has 0 saturated carbocycles. The lowest BCUT2D eigenvalue weighted by atomic mass is 10.4. The molecule has 0 aromatic rings. The third kappa shape index (κ3) is 3.37. The van der Waals surface area contributed by atoms with Crippen LogP contribution in [0.5, 0.6) is 0 Å². The van der Waals surface area contributed by atoms with E-state index in [0.717, 1.165) is 0 Å². The van der Waals surface area contributed by atoms with E-state index in [1.54, 1.807) is 7.11 Å². The van der Waals surface area contributed by atoms with Crippen LogP contribution in [0.15, 0.2) is 0 Å². The molecule has 0 aromatic heterocycles. The van der Waals surface area contributed by atoms with Crippen LogP contribution in [0.4, 0.5) is 0 Å². The van der Waals surface area contributed by atoms with Crippen molar-refractivity contribution in [2.75, 3.05) is 27.9 Å². The Bertz CT molecular complexity index is 83.1. The Hall–Kier alpha value is 0.170. The van der Waals surface area contributed by atoms with Crippen molar-refractivity contribution in [3.05, 3.63) is 0 Å². The van der Waals surface area contributed by atoms with Crippen molar-refractivity contribution in [1.82, 2.24) is 0 Å². The van der Waals surface area contributed by atoms with Gasteiger partial charge in [0, 0.05) is 27.8 Å². The SMILES string of the molecule is COCCC(Cl)(OC)OC. The summed E-state index contributed by atoms with van der Waals surface area (Å²) in [6.07, 6.45) is 0.512. The molecule has 10 heavy (non-hydrogen) atoms. The Morgan fingerprint density at radius 2 is 1.70 bits per heavy atom. The lowest BCUT2D eigenvalue weighted by Crippen LogP contribution is -2.27. The third-order valence-corrected chi connectivity index (χ3v) is 1.71. The summed E-state index contributed by atoms with van der Waals surface area (Å²) in [6.45, 7) is 0.519. The van der Waals surface area contributed by atoms with Gasteiger partial charge < -0.3 is 14.2 Å². The molecule has 0 unspecified atom stereocenters. The molecule has 0 heterocycles. The molecule has 62 valence electrons. The van der Waals surface area contributed by atoms with Gasteiger partial charge in [-0.15, -0.1) is 0 Å². The molecule has 0 N–H and O–H groups in total. The summed E-state index contributed by atoms with van der Waals surface area (Å²) in [7, 11) is 4.58. The van der Waals surface area contributed by atoms with Gasteiger partial charge in [0.2, 0.25) is 5.25 Å². The molecule has 0 amide bonds. The Morgan fingerprint density at radius 1 is 1.20 bits per heavy atom. The second kappa shape index (κ2) is 4.91. The predicted octanol–water partition coefficient (Wildman–Crippen LogP) is 1.21. The van der Waals surface area contributed by atoms with E-state index < -0.39 is 5.25 Å². The van der Waals surface area contributed by atoms with Crippen LogP contribution in [0.25, 0.3) is 0 Å². The molecule has 4 heteroatoms. The second-order valence-corrected chi connectivity index (χ2v) is 2.39. The normalized spacial score (nSPS) is 12.0. The molecule has 0 radical (unpaired) electrons. The van der Waals surface area contributed by atoms with Gasteiger partial charge in [-0.3, -0.25) is 0 Å². The predicted molar refractivity (Wildman–Crippen MR) is 39.1 cm³/mol. The Kier molecular flexibility index (Phi) is 4.99. The van der Waals surface area contributed by atoms with Gasteiger partial charge in [-0.2, -0.15) is 0 Å². The molecule has 0 atom stereocenters. The Morgan fingerprint density at radius 3 is 2.00 bits per heavy atom. The summed E-state index contributed by atoms with van der Waals surface area (Å²) < 4.78 is 14.5. The molecule has 0 rings (SSSR count). The Balaban J connectivity index is 3.58. The molecular weight excluding hydrogens is 156 g/mol. The highest BCUT2D eigenvalue weighted by atomic mass is 35.5. The van der Waals surface area contributed by atoms with Crippen molar-refractivity contribution >= 4 is 11.6 Å². The van der Waals surface area contributed by atoms with Crippen molar-refractivity contribution in [2.24, 2.45) is 0 Å². The number of halogens is 1. The van der Waals surface area contributed by atoms with Gasteiger partial charge in [0.25, 0.3) is 0 Å². The van der Waals surface area contributed by atoms with Gasteiger partial charge in [-0.1, -0.05) is 11.6 Å². The first-order valence-corrected chi connectivity index (χ1v) is 3.34. The van der Waals surface area contributed by atoms with Crippen LogP contribution in [0.1, 0.15) is 6.42 Å². The summed E-state index contributed by atoms with van der Waals surface area (Å²) in [5, 5.41) is -1.02. The highest BCUT2D eigenvalue weighted by Crippen LogP contribution is 2.20. The zero-order valence-corrected chi connectivity index (χ0v) is 7.27. The van der Waals surface area contributed by atoms with E-state index in [-0.39, 0.29) is 0 Å². The fourth-order valence-electron chi connectivity index (χ4n) is 0.511. The van der Waals surface area contributed by atoms with Gasteiger partial charge >= 0.3 is 0 Å². The van der Waals surface area contributed by atoms with Gasteiger partial charge in [0.1, 0.15) is 0 Å². The number of hydrogen-bond acceptors (Lipinski definition) is 3. The van der Waals surface area contributed by atoms with E-state index >= 15 is 0 Å². The van der Waals surface area contributed by atoms with E-state index in [1.165, 1.54) is 14.2 Å². The summed E-state index contributed by atoms with van der Waals surface area (Å²) in [6, 6.07) is 0. The third-order valence-electron chi connectivity index (χ3n) is 1.21. The molecule has 0 aliphatic carbocycles. The first-order chi connectivity index (χ1) is 4.68. The van der Waals surface area contributed by atoms with Gasteiger partial charge in [-0.25, -0.2) is 0 Å². The lowest BCUT2D eigenvalue weighted by molar-refractivity contribution is -0.151. The first kappa shape index (κ1) is 10.2. The first-order valence-electron chi connectivity index (χ1n) is 2.96. The highest BCUT2D eigenvalue weighted by Gasteiger charge is 2.25. The molecule has 0 bridgehead atoms. The van der Waals surface area contributed by atoms with Crippen molar-refractivity contribution in [3.8, 4) is 0 Å². The molecule has 0 fully saturated rings. The van der Waals surface area contributed by atoms with Gasteiger partial charge in [-0.05, 0) is 0 Å². The number of hydrogen-bond donors (Lipinski definition) is 0. The van der Waals surface area contributed by atoms with Crippen molar-refractivity contribution < 1.29 is 14.2 Å². The number of ether oxygens (including phenoxy) is 3. The molecule has 3 nitrogen and oxygen atoms in total. The minimum Gasteiger partial charge on any atom is -0.384 e. The van der Waals surface area contributed by atoms with E-state index in [1.807, 2.05) is 0 Å². The van der Waals surface area contributed by atoms with Crippen molar-refractivity contribution in [3.63, 3.8) is 0 Å². The quantitative estimate of drug-likeness (QED) is 0.456. The van der Waals surface area contributed by atoms with Crippen LogP contribution in [0.2, 0.25) is 0 Å². The number of alkyl halides is 1. The average Bonchev–Trinajstić information content (AvgIpc) is 2.00. The van der Waals surface area contributed by atoms with E-state index in [4.69, 9.17) is 25.8 Å². The van der Waals surface area contributed by atoms with Crippen molar-refractivity contribution in [2.45, 2.75) is 11.7 Å². The fourth-order valence-corrected chi connectivity index (χ4v) is 0.589. The minimum atomic E-state index is -1.02. The van der Waals surface area contributed by atoms with Crippen LogP contribution in [-0.2, 0) is 14.2 Å². The molecule has 0 aliphatic heterocycles. The largest absolute Gasteiger partial charge is 0.384 e. The maximum absolute atomic E-state index is 5.76. The van der Waals surface area contributed by atoms with Crippen LogP contribution >= 0.6 is 11.6 Å². The summed E-state index contributed by atoms with van der Waals surface area (Å²) in [5.41, 5.74) is 0. The van der Waals surface area contributed by atoms with Crippen LogP contribution in [0, 0.1) is 0 Å². The summed E-state index contributed by atoms with van der Waals surface area (Å²) in [5.74, 6) is 0. The topological polar surface area (TPSA) is 27.7 Å². The number of methoxy groups -OCH3 is 3. The summed E-state index contributed by atoms with van der Waals surface area (Å²) >= 11 is 5.76. The lowest BCUT2D eigenvalue weighted by Gasteiger charge is -2.22. The number of rotatable bonds is 5. The average molecular weight is 169 g/mol. The van der Waals surface area contributed by atoms with E-state index in [0.29, 0.717) is 13.0 Å². The highest BCUT2D eigenvalue weighted by molar-refractivity contribution is 6.21. The Labute approximate surface area is 66.2 Å². The second-order valence-electron chi connectivity index (χ2n) is 1.81. The maximum atomic E-state index is 5.76. The maximum Gasteiger partial charge on any atom is 0.250 e. The fraction of sp³-hybridized carbons (Fsp3) is 1.00. The zero-order valence-electron chi connectivity index (χ0n) is 6.52. The molecule has 0 saturated heterocycles. The van der Waals surface area contributed by atoms with E-state index in [9.17, 15) is 0 Å².